The molecule has 96 valence electrons. The predicted octanol–water partition coefficient (Wildman–Crippen LogP) is 3.64. The highest BCUT2D eigenvalue weighted by Crippen LogP contribution is 2.28. The molecule has 0 aromatic carbocycles. The normalized spacial score (nSPS) is 12.0. The quantitative estimate of drug-likeness (QED) is 0.869. The van der Waals surface area contributed by atoms with Crippen molar-refractivity contribution in [2.24, 2.45) is 0 Å². The van der Waals surface area contributed by atoms with Crippen molar-refractivity contribution < 1.29 is 0 Å². The summed E-state index contributed by atoms with van der Waals surface area (Å²) in [5, 5.41) is 3.36. The van der Waals surface area contributed by atoms with Crippen molar-refractivity contribution in [2.75, 3.05) is 11.9 Å². The fraction of sp³-hybridized carbons (Fsp3) is 0.714. The molecule has 17 heavy (non-hydrogen) atoms. The number of aryl methyl sites for hydroxylation is 1. The molecule has 0 amide bonds. The number of anilines is 1. The lowest BCUT2D eigenvalue weighted by Crippen LogP contribution is -2.20. The SMILES string of the molecule is CCNc1nc(C(C)(C)C)nc(C)c1C(C)C. The number of hydrogen-bond donors (Lipinski definition) is 1. The summed E-state index contributed by atoms with van der Waals surface area (Å²) in [7, 11) is 0. The van der Waals surface area contributed by atoms with Crippen LogP contribution in [-0.4, -0.2) is 16.5 Å². The Labute approximate surface area is 105 Å². The zero-order chi connectivity index (χ0) is 13.2. The molecule has 3 heteroatoms. The van der Waals surface area contributed by atoms with E-state index >= 15 is 0 Å². The van der Waals surface area contributed by atoms with Crippen molar-refractivity contribution in [1.29, 1.82) is 0 Å². The van der Waals surface area contributed by atoms with Crippen molar-refractivity contribution in [3.05, 3.63) is 17.1 Å². The van der Waals surface area contributed by atoms with Crippen LogP contribution >= 0.6 is 0 Å². The van der Waals surface area contributed by atoms with E-state index in [1.807, 2.05) is 0 Å². The van der Waals surface area contributed by atoms with Crippen LogP contribution in [0.5, 0.6) is 0 Å². The largest absolute Gasteiger partial charge is 0.370 e. The Bertz CT molecular complexity index is 389. The highest BCUT2D eigenvalue weighted by Gasteiger charge is 2.21. The molecule has 0 radical (unpaired) electrons. The summed E-state index contributed by atoms with van der Waals surface area (Å²) in [4.78, 5) is 9.35. The van der Waals surface area contributed by atoms with E-state index in [1.54, 1.807) is 0 Å². The standard InChI is InChI=1S/C14H25N3/c1-8-15-12-11(9(2)3)10(4)16-13(17-12)14(5,6)7/h9H,8H2,1-7H3,(H,15,16,17). The highest BCUT2D eigenvalue weighted by molar-refractivity contribution is 5.48. The van der Waals surface area contributed by atoms with Gasteiger partial charge in [-0.1, -0.05) is 34.6 Å². The van der Waals surface area contributed by atoms with Gasteiger partial charge in [0, 0.05) is 23.2 Å². The zero-order valence-corrected chi connectivity index (χ0v) is 12.2. The summed E-state index contributed by atoms with van der Waals surface area (Å²) in [5.74, 6) is 2.35. The molecule has 0 saturated heterocycles. The zero-order valence-electron chi connectivity index (χ0n) is 12.2. The maximum Gasteiger partial charge on any atom is 0.136 e. The van der Waals surface area contributed by atoms with Gasteiger partial charge >= 0.3 is 0 Å². The smallest absolute Gasteiger partial charge is 0.136 e. The highest BCUT2D eigenvalue weighted by atomic mass is 15.0. The van der Waals surface area contributed by atoms with Gasteiger partial charge in [-0.15, -0.1) is 0 Å². The summed E-state index contributed by atoms with van der Waals surface area (Å²) in [6, 6.07) is 0. The Balaban J connectivity index is 3.36. The molecule has 3 nitrogen and oxygen atoms in total. The monoisotopic (exact) mass is 235 g/mol. The lowest BCUT2D eigenvalue weighted by atomic mass is 9.94. The Kier molecular flexibility index (Phi) is 4.12. The predicted molar refractivity (Wildman–Crippen MR) is 73.7 cm³/mol. The first kappa shape index (κ1) is 13.9. The van der Waals surface area contributed by atoms with Gasteiger partial charge in [-0.2, -0.15) is 0 Å². The summed E-state index contributed by atoms with van der Waals surface area (Å²) in [6.07, 6.45) is 0. The van der Waals surface area contributed by atoms with Gasteiger partial charge in [0.1, 0.15) is 11.6 Å². The van der Waals surface area contributed by atoms with Crippen molar-refractivity contribution in [2.45, 2.75) is 59.8 Å². The van der Waals surface area contributed by atoms with E-state index in [4.69, 9.17) is 4.98 Å². The van der Waals surface area contributed by atoms with Gasteiger partial charge in [0.25, 0.3) is 0 Å². The summed E-state index contributed by atoms with van der Waals surface area (Å²) in [6.45, 7) is 15.9. The van der Waals surface area contributed by atoms with Gasteiger partial charge in [0.05, 0.1) is 0 Å². The van der Waals surface area contributed by atoms with E-state index in [0.29, 0.717) is 5.92 Å². The van der Waals surface area contributed by atoms with Crippen LogP contribution in [0.3, 0.4) is 0 Å². The molecular weight excluding hydrogens is 210 g/mol. The molecular formula is C14H25N3. The van der Waals surface area contributed by atoms with Crippen LogP contribution in [0.2, 0.25) is 0 Å². The fourth-order valence-electron chi connectivity index (χ4n) is 1.91. The first-order valence-electron chi connectivity index (χ1n) is 6.40. The maximum absolute atomic E-state index is 4.69. The van der Waals surface area contributed by atoms with E-state index in [1.165, 1.54) is 5.56 Å². The van der Waals surface area contributed by atoms with Crippen molar-refractivity contribution in [3.8, 4) is 0 Å². The minimum atomic E-state index is -0.00948. The Morgan fingerprint density at radius 3 is 2.18 bits per heavy atom. The van der Waals surface area contributed by atoms with Crippen LogP contribution < -0.4 is 5.32 Å². The van der Waals surface area contributed by atoms with Crippen LogP contribution in [0.4, 0.5) is 5.82 Å². The molecule has 0 unspecified atom stereocenters. The second kappa shape index (κ2) is 5.03. The van der Waals surface area contributed by atoms with E-state index in [-0.39, 0.29) is 5.41 Å². The molecule has 0 atom stereocenters. The summed E-state index contributed by atoms with van der Waals surface area (Å²) < 4.78 is 0. The fourth-order valence-corrected chi connectivity index (χ4v) is 1.91. The third-order valence-corrected chi connectivity index (χ3v) is 2.73. The van der Waals surface area contributed by atoms with E-state index in [9.17, 15) is 0 Å². The lowest BCUT2D eigenvalue weighted by molar-refractivity contribution is 0.541. The molecule has 0 bridgehead atoms. The molecule has 0 spiro atoms. The number of rotatable bonds is 3. The Morgan fingerprint density at radius 2 is 1.76 bits per heavy atom. The maximum atomic E-state index is 4.69. The van der Waals surface area contributed by atoms with Gasteiger partial charge in [-0.25, -0.2) is 9.97 Å². The van der Waals surface area contributed by atoms with Gasteiger partial charge in [0.2, 0.25) is 0 Å². The van der Waals surface area contributed by atoms with Crippen LogP contribution in [0.15, 0.2) is 0 Å². The molecule has 0 aliphatic rings. The molecule has 1 aromatic rings. The molecule has 0 saturated carbocycles. The van der Waals surface area contributed by atoms with Gasteiger partial charge in [-0.3, -0.25) is 0 Å². The number of nitrogens with one attached hydrogen (secondary N) is 1. The molecule has 0 fully saturated rings. The molecule has 1 heterocycles. The number of nitrogens with zero attached hydrogens (tertiary/aromatic N) is 2. The molecule has 1 N–H and O–H groups in total. The van der Waals surface area contributed by atoms with E-state index in [0.717, 1.165) is 23.9 Å². The number of hydrogen-bond acceptors (Lipinski definition) is 3. The minimum absolute atomic E-state index is 0.00948. The second-order valence-electron chi connectivity index (χ2n) is 5.83. The average Bonchev–Trinajstić information content (AvgIpc) is 2.15. The first-order valence-corrected chi connectivity index (χ1v) is 6.40. The number of aromatic nitrogens is 2. The van der Waals surface area contributed by atoms with Gasteiger partial charge in [0.15, 0.2) is 0 Å². The average molecular weight is 235 g/mol. The molecule has 1 aromatic heterocycles. The van der Waals surface area contributed by atoms with Crippen molar-refractivity contribution in [3.63, 3.8) is 0 Å². The topological polar surface area (TPSA) is 37.8 Å². The van der Waals surface area contributed by atoms with Crippen molar-refractivity contribution in [1.82, 2.24) is 9.97 Å². The van der Waals surface area contributed by atoms with E-state index in [2.05, 4.69) is 58.8 Å². The molecule has 0 aliphatic carbocycles. The second-order valence-corrected chi connectivity index (χ2v) is 5.83. The summed E-state index contributed by atoms with van der Waals surface area (Å²) in [5.41, 5.74) is 2.32. The van der Waals surface area contributed by atoms with Crippen LogP contribution in [0.1, 0.15) is 64.5 Å². The van der Waals surface area contributed by atoms with Crippen LogP contribution in [0.25, 0.3) is 0 Å². The molecule has 1 rings (SSSR count). The first-order chi connectivity index (χ1) is 7.77. The van der Waals surface area contributed by atoms with Crippen LogP contribution in [-0.2, 0) is 5.41 Å². The summed E-state index contributed by atoms with van der Waals surface area (Å²) >= 11 is 0. The van der Waals surface area contributed by atoms with E-state index < -0.39 is 0 Å². The Hall–Kier alpha value is -1.12. The van der Waals surface area contributed by atoms with Gasteiger partial charge < -0.3 is 5.32 Å². The lowest BCUT2D eigenvalue weighted by Gasteiger charge is -2.22. The third-order valence-electron chi connectivity index (χ3n) is 2.73. The molecule has 0 aliphatic heterocycles. The van der Waals surface area contributed by atoms with Crippen molar-refractivity contribution >= 4 is 5.82 Å². The third kappa shape index (κ3) is 3.18. The Morgan fingerprint density at radius 1 is 1.18 bits per heavy atom. The van der Waals surface area contributed by atoms with Crippen LogP contribution in [0, 0.1) is 6.92 Å². The minimum Gasteiger partial charge on any atom is -0.370 e. The van der Waals surface area contributed by atoms with Gasteiger partial charge in [-0.05, 0) is 19.8 Å².